The fraction of sp³-hybridized carbons (Fsp3) is 0.667. The number of H-pyrrole nitrogens is 1. The molecule has 0 spiro atoms. The molecule has 7 nitrogen and oxygen atoms in total. The maximum absolute atomic E-state index is 12.5. The average molecular weight is 308 g/mol. The van der Waals surface area contributed by atoms with Crippen molar-refractivity contribution in [2.75, 3.05) is 13.2 Å². The van der Waals surface area contributed by atoms with Gasteiger partial charge >= 0.3 is 5.97 Å². The second kappa shape index (κ2) is 7.40. The molecule has 1 aliphatic heterocycles. The van der Waals surface area contributed by atoms with Gasteiger partial charge in [-0.05, 0) is 12.8 Å². The Morgan fingerprint density at radius 1 is 1.41 bits per heavy atom. The zero-order valence-electron chi connectivity index (χ0n) is 13.4. The third kappa shape index (κ3) is 3.47. The van der Waals surface area contributed by atoms with Gasteiger partial charge in [0.25, 0.3) is 5.91 Å². The number of aromatic nitrogens is 2. The molecular formula is C15H24N4O3. The smallest absolute Gasteiger partial charge is 0.328 e. The van der Waals surface area contributed by atoms with Gasteiger partial charge in [-0.25, -0.2) is 4.79 Å². The van der Waals surface area contributed by atoms with Crippen molar-refractivity contribution in [2.45, 2.75) is 46.2 Å². The van der Waals surface area contributed by atoms with Crippen LogP contribution in [0.15, 0.2) is 0 Å². The summed E-state index contributed by atoms with van der Waals surface area (Å²) in [5.74, 6) is -0.733. The molecule has 0 aromatic carbocycles. The van der Waals surface area contributed by atoms with E-state index >= 15 is 0 Å². The Labute approximate surface area is 130 Å². The van der Waals surface area contributed by atoms with E-state index < -0.39 is 12.0 Å². The summed E-state index contributed by atoms with van der Waals surface area (Å²) in [7, 11) is 0. The number of aromatic amines is 1. The number of carbonyl (C=O) groups is 2. The maximum atomic E-state index is 12.5. The molecule has 2 unspecified atom stereocenters. The highest BCUT2D eigenvalue weighted by atomic mass is 16.5. The predicted molar refractivity (Wildman–Crippen MR) is 81.3 cm³/mol. The summed E-state index contributed by atoms with van der Waals surface area (Å²) in [5, 5.41) is 13.0. The zero-order valence-corrected chi connectivity index (χ0v) is 13.4. The van der Waals surface area contributed by atoms with Gasteiger partial charge in [0.2, 0.25) is 0 Å². The zero-order chi connectivity index (χ0) is 16.1. The topological polar surface area (TPSA) is 96.1 Å². The van der Waals surface area contributed by atoms with Crippen molar-refractivity contribution in [3.8, 4) is 0 Å². The fourth-order valence-electron chi connectivity index (χ4n) is 2.52. The Morgan fingerprint density at radius 3 is 2.86 bits per heavy atom. The predicted octanol–water partition coefficient (Wildman–Crippen LogP) is 0.763. The Bertz CT molecular complexity index is 541. The minimum Gasteiger partial charge on any atom is -0.464 e. The van der Waals surface area contributed by atoms with E-state index in [1.165, 1.54) is 0 Å². The highest BCUT2D eigenvalue weighted by Gasteiger charge is 2.30. The van der Waals surface area contributed by atoms with Gasteiger partial charge in [-0.15, -0.1) is 0 Å². The largest absolute Gasteiger partial charge is 0.464 e. The molecule has 0 radical (unpaired) electrons. The standard InChI is InChI=1S/C15H24N4O3/c1-4-9(3)12(15(21)22-5-2)17-14(20)13-10-8-16-7-6-11(10)18-19-13/h9,12,16H,4-8H2,1-3H3,(H,17,20)(H,18,19). The van der Waals surface area contributed by atoms with Crippen LogP contribution in [-0.2, 0) is 22.5 Å². The van der Waals surface area contributed by atoms with Crippen molar-refractivity contribution in [2.24, 2.45) is 5.92 Å². The lowest BCUT2D eigenvalue weighted by molar-refractivity contribution is -0.146. The van der Waals surface area contributed by atoms with Gasteiger partial charge in [-0.2, -0.15) is 5.10 Å². The quantitative estimate of drug-likeness (QED) is 0.674. The summed E-state index contributed by atoms with van der Waals surface area (Å²) in [6.07, 6.45) is 1.59. The lowest BCUT2D eigenvalue weighted by Crippen LogP contribution is -2.46. The SMILES string of the molecule is CCOC(=O)C(NC(=O)c1n[nH]c2c1CNCC2)C(C)CC. The number of carbonyl (C=O) groups excluding carboxylic acids is 2. The molecule has 22 heavy (non-hydrogen) atoms. The molecule has 0 saturated heterocycles. The number of rotatable bonds is 6. The lowest BCUT2D eigenvalue weighted by atomic mass is 9.98. The van der Waals surface area contributed by atoms with Crippen molar-refractivity contribution in [3.63, 3.8) is 0 Å². The molecule has 1 aromatic heterocycles. The van der Waals surface area contributed by atoms with Crippen LogP contribution in [0.25, 0.3) is 0 Å². The first kappa shape index (κ1) is 16.5. The molecule has 0 bridgehead atoms. The fourth-order valence-corrected chi connectivity index (χ4v) is 2.52. The summed E-state index contributed by atoms with van der Waals surface area (Å²) in [4.78, 5) is 24.5. The molecule has 2 atom stereocenters. The molecule has 0 fully saturated rings. The number of nitrogens with zero attached hydrogens (tertiary/aromatic N) is 1. The van der Waals surface area contributed by atoms with Gasteiger partial charge in [0, 0.05) is 30.8 Å². The molecular weight excluding hydrogens is 284 g/mol. The maximum Gasteiger partial charge on any atom is 0.328 e. The van der Waals surface area contributed by atoms with Crippen LogP contribution in [-0.4, -0.2) is 41.3 Å². The molecule has 0 aliphatic carbocycles. The van der Waals surface area contributed by atoms with Gasteiger partial charge < -0.3 is 15.4 Å². The first-order valence-electron chi connectivity index (χ1n) is 7.82. The van der Waals surface area contributed by atoms with E-state index in [0.717, 1.165) is 30.6 Å². The van der Waals surface area contributed by atoms with Gasteiger partial charge in [0.15, 0.2) is 5.69 Å². The summed E-state index contributed by atoms with van der Waals surface area (Å²) < 4.78 is 5.06. The Morgan fingerprint density at radius 2 is 2.18 bits per heavy atom. The molecule has 1 amide bonds. The van der Waals surface area contributed by atoms with E-state index in [4.69, 9.17) is 4.74 Å². The van der Waals surface area contributed by atoms with Crippen LogP contribution >= 0.6 is 0 Å². The number of hydrogen-bond donors (Lipinski definition) is 3. The Kier molecular flexibility index (Phi) is 5.54. The number of amides is 1. The van der Waals surface area contributed by atoms with Crippen molar-refractivity contribution in [1.29, 1.82) is 0 Å². The molecule has 2 rings (SSSR count). The number of hydrogen-bond acceptors (Lipinski definition) is 5. The van der Waals surface area contributed by atoms with Crippen LogP contribution in [0.1, 0.15) is 48.9 Å². The Hall–Kier alpha value is -1.89. The van der Waals surface area contributed by atoms with Crippen molar-refractivity contribution >= 4 is 11.9 Å². The highest BCUT2D eigenvalue weighted by Crippen LogP contribution is 2.16. The van der Waals surface area contributed by atoms with E-state index in [9.17, 15) is 9.59 Å². The van der Waals surface area contributed by atoms with Crippen LogP contribution in [0.3, 0.4) is 0 Å². The number of esters is 1. The highest BCUT2D eigenvalue weighted by molar-refractivity contribution is 5.96. The Balaban J connectivity index is 2.14. The summed E-state index contributed by atoms with van der Waals surface area (Å²) >= 11 is 0. The van der Waals surface area contributed by atoms with Crippen molar-refractivity contribution in [1.82, 2.24) is 20.8 Å². The first-order valence-corrected chi connectivity index (χ1v) is 7.82. The van der Waals surface area contributed by atoms with Crippen LogP contribution in [0.5, 0.6) is 0 Å². The monoisotopic (exact) mass is 308 g/mol. The second-order valence-electron chi connectivity index (χ2n) is 5.54. The van der Waals surface area contributed by atoms with E-state index in [0.29, 0.717) is 18.8 Å². The van der Waals surface area contributed by atoms with Gasteiger partial charge in [0.05, 0.1) is 6.61 Å². The third-order valence-electron chi connectivity index (χ3n) is 4.06. The number of fused-ring (bicyclic) bond motifs is 1. The van der Waals surface area contributed by atoms with Crippen LogP contribution < -0.4 is 10.6 Å². The van der Waals surface area contributed by atoms with E-state index in [1.807, 2.05) is 13.8 Å². The minimum absolute atomic E-state index is 0.00380. The first-order chi connectivity index (χ1) is 10.6. The third-order valence-corrected chi connectivity index (χ3v) is 4.06. The van der Waals surface area contributed by atoms with Crippen molar-refractivity contribution in [3.05, 3.63) is 17.0 Å². The molecule has 1 aromatic rings. The number of nitrogens with one attached hydrogen (secondary N) is 3. The van der Waals surface area contributed by atoms with Crippen LogP contribution in [0, 0.1) is 5.92 Å². The van der Waals surface area contributed by atoms with Gasteiger partial charge in [-0.1, -0.05) is 20.3 Å². The summed E-state index contributed by atoms with van der Waals surface area (Å²) in [5.41, 5.74) is 2.23. The van der Waals surface area contributed by atoms with Crippen LogP contribution in [0.2, 0.25) is 0 Å². The summed E-state index contributed by atoms with van der Waals surface area (Å²) in [6.45, 7) is 7.43. The molecule has 7 heteroatoms. The van der Waals surface area contributed by atoms with E-state index in [2.05, 4.69) is 20.8 Å². The molecule has 3 N–H and O–H groups in total. The normalized spacial score (nSPS) is 16.5. The van der Waals surface area contributed by atoms with E-state index in [1.54, 1.807) is 6.92 Å². The molecule has 122 valence electrons. The van der Waals surface area contributed by atoms with Crippen LogP contribution in [0.4, 0.5) is 0 Å². The van der Waals surface area contributed by atoms with Crippen molar-refractivity contribution < 1.29 is 14.3 Å². The van der Waals surface area contributed by atoms with E-state index in [-0.39, 0.29) is 11.8 Å². The second-order valence-corrected chi connectivity index (χ2v) is 5.54. The molecule has 1 aliphatic rings. The molecule has 2 heterocycles. The number of ether oxygens (including phenoxy) is 1. The summed E-state index contributed by atoms with van der Waals surface area (Å²) in [6, 6.07) is -0.652. The molecule has 0 saturated carbocycles. The average Bonchev–Trinajstić information content (AvgIpc) is 2.96. The van der Waals surface area contributed by atoms with Gasteiger partial charge in [0.1, 0.15) is 6.04 Å². The lowest BCUT2D eigenvalue weighted by Gasteiger charge is -2.22. The van der Waals surface area contributed by atoms with Gasteiger partial charge in [-0.3, -0.25) is 9.89 Å². The minimum atomic E-state index is -0.652.